The van der Waals surface area contributed by atoms with Gasteiger partial charge < -0.3 is 14.4 Å². The summed E-state index contributed by atoms with van der Waals surface area (Å²) in [7, 11) is 0. The molecule has 2 atom stereocenters. The molecule has 0 amide bonds. The van der Waals surface area contributed by atoms with Gasteiger partial charge in [-0.25, -0.2) is 4.99 Å². The van der Waals surface area contributed by atoms with E-state index in [9.17, 15) is 0 Å². The SMILES string of the molecule is CC1OC(c2ccc(OCCCN3CCCCC3)cc2)=NC1c1ccccc1. The molecule has 2 aromatic carbocycles. The van der Waals surface area contributed by atoms with Gasteiger partial charge in [-0.1, -0.05) is 36.8 Å². The summed E-state index contributed by atoms with van der Waals surface area (Å²) in [5.74, 6) is 1.63. The molecule has 4 rings (SSSR count). The molecule has 4 heteroatoms. The quantitative estimate of drug-likeness (QED) is 0.646. The Morgan fingerprint density at radius 1 is 1.00 bits per heavy atom. The van der Waals surface area contributed by atoms with E-state index in [-0.39, 0.29) is 12.1 Å². The van der Waals surface area contributed by atoms with E-state index in [0.717, 1.165) is 36.8 Å². The Hall–Kier alpha value is -2.33. The Kier molecular flexibility index (Phi) is 6.27. The molecule has 28 heavy (non-hydrogen) atoms. The first-order valence-corrected chi connectivity index (χ1v) is 10.5. The van der Waals surface area contributed by atoms with Gasteiger partial charge in [0, 0.05) is 12.1 Å². The number of piperidine rings is 1. The van der Waals surface area contributed by atoms with Gasteiger partial charge in [0.05, 0.1) is 6.61 Å². The van der Waals surface area contributed by atoms with Crippen molar-refractivity contribution in [2.45, 2.75) is 44.8 Å². The minimum atomic E-state index is 0.0445. The van der Waals surface area contributed by atoms with Crippen LogP contribution in [0.2, 0.25) is 0 Å². The van der Waals surface area contributed by atoms with Crippen molar-refractivity contribution >= 4 is 5.90 Å². The second kappa shape index (κ2) is 9.24. The zero-order chi connectivity index (χ0) is 19.2. The Balaban J connectivity index is 1.29. The Morgan fingerprint density at radius 2 is 1.75 bits per heavy atom. The van der Waals surface area contributed by atoms with Gasteiger partial charge in [0.1, 0.15) is 17.9 Å². The molecule has 2 aliphatic rings. The average molecular weight is 379 g/mol. The maximum Gasteiger partial charge on any atom is 0.217 e. The van der Waals surface area contributed by atoms with Crippen molar-refractivity contribution in [3.05, 3.63) is 65.7 Å². The molecular formula is C24H30N2O2. The zero-order valence-electron chi connectivity index (χ0n) is 16.7. The van der Waals surface area contributed by atoms with Crippen LogP contribution in [0.1, 0.15) is 49.8 Å². The first-order chi connectivity index (χ1) is 13.8. The number of likely N-dealkylation sites (tertiary alicyclic amines) is 1. The number of benzene rings is 2. The third-order valence-corrected chi connectivity index (χ3v) is 5.58. The topological polar surface area (TPSA) is 34.1 Å². The largest absolute Gasteiger partial charge is 0.494 e. The molecule has 1 saturated heterocycles. The van der Waals surface area contributed by atoms with Gasteiger partial charge in [-0.3, -0.25) is 0 Å². The molecule has 2 unspecified atom stereocenters. The van der Waals surface area contributed by atoms with E-state index in [1.165, 1.54) is 37.9 Å². The van der Waals surface area contributed by atoms with Crippen molar-refractivity contribution in [3.8, 4) is 5.75 Å². The van der Waals surface area contributed by atoms with Gasteiger partial charge in [-0.2, -0.15) is 0 Å². The third kappa shape index (κ3) is 4.74. The molecule has 0 radical (unpaired) electrons. The highest BCUT2D eigenvalue weighted by molar-refractivity contribution is 5.95. The molecule has 2 heterocycles. The van der Waals surface area contributed by atoms with Gasteiger partial charge in [-0.05, 0) is 69.1 Å². The van der Waals surface area contributed by atoms with E-state index in [2.05, 4.69) is 24.0 Å². The lowest BCUT2D eigenvalue weighted by Crippen LogP contribution is -2.31. The molecular weight excluding hydrogens is 348 g/mol. The van der Waals surface area contributed by atoms with E-state index < -0.39 is 0 Å². The molecule has 148 valence electrons. The first-order valence-electron chi connectivity index (χ1n) is 10.5. The van der Waals surface area contributed by atoms with Crippen LogP contribution in [0, 0.1) is 0 Å². The smallest absolute Gasteiger partial charge is 0.217 e. The molecule has 2 aromatic rings. The van der Waals surface area contributed by atoms with Crippen LogP contribution >= 0.6 is 0 Å². The van der Waals surface area contributed by atoms with Crippen LogP contribution in [-0.4, -0.2) is 43.1 Å². The van der Waals surface area contributed by atoms with Crippen LogP contribution in [0.25, 0.3) is 0 Å². The van der Waals surface area contributed by atoms with Crippen LogP contribution in [0.3, 0.4) is 0 Å². The predicted molar refractivity (Wildman–Crippen MR) is 113 cm³/mol. The molecule has 0 aromatic heterocycles. The summed E-state index contributed by atoms with van der Waals surface area (Å²) in [6.07, 6.45) is 5.20. The Bertz CT molecular complexity index is 767. The summed E-state index contributed by atoms with van der Waals surface area (Å²) < 4.78 is 11.9. The zero-order valence-corrected chi connectivity index (χ0v) is 16.7. The highest BCUT2D eigenvalue weighted by Gasteiger charge is 2.29. The fourth-order valence-corrected chi connectivity index (χ4v) is 4.00. The van der Waals surface area contributed by atoms with Crippen LogP contribution in [0.4, 0.5) is 0 Å². The van der Waals surface area contributed by atoms with Crippen molar-refractivity contribution < 1.29 is 9.47 Å². The van der Waals surface area contributed by atoms with Crippen LogP contribution in [0.5, 0.6) is 5.75 Å². The van der Waals surface area contributed by atoms with Crippen molar-refractivity contribution in [2.24, 2.45) is 4.99 Å². The standard InChI is InChI=1S/C24H30N2O2/c1-19-23(20-9-4-2-5-10-20)25-24(28-19)21-11-13-22(14-12-21)27-18-8-17-26-15-6-3-7-16-26/h2,4-5,9-14,19,23H,3,6-8,15-18H2,1H3. The molecule has 0 saturated carbocycles. The first kappa shape index (κ1) is 19.0. The molecule has 0 N–H and O–H groups in total. The van der Waals surface area contributed by atoms with E-state index in [1.54, 1.807) is 0 Å². The number of hydrogen-bond acceptors (Lipinski definition) is 4. The van der Waals surface area contributed by atoms with Gasteiger partial charge >= 0.3 is 0 Å². The molecule has 0 bridgehead atoms. The maximum absolute atomic E-state index is 6.02. The predicted octanol–water partition coefficient (Wildman–Crippen LogP) is 4.85. The average Bonchev–Trinajstić information content (AvgIpc) is 3.15. The maximum atomic E-state index is 6.02. The number of ether oxygens (including phenoxy) is 2. The van der Waals surface area contributed by atoms with E-state index in [0.29, 0.717) is 0 Å². The normalized spacial score (nSPS) is 22.5. The van der Waals surface area contributed by atoms with E-state index in [4.69, 9.17) is 14.5 Å². The summed E-state index contributed by atoms with van der Waals surface area (Å²) in [6, 6.07) is 18.5. The van der Waals surface area contributed by atoms with E-state index >= 15 is 0 Å². The molecule has 0 aliphatic carbocycles. The van der Waals surface area contributed by atoms with Crippen molar-refractivity contribution in [1.82, 2.24) is 4.90 Å². The van der Waals surface area contributed by atoms with Gasteiger partial charge in [-0.15, -0.1) is 0 Å². The highest BCUT2D eigenvalue weighted by Crippen LogP contribution is 2.31. The second-order valence-corrected chi connectivity index (χ2v) is 7.74. The second-order valence-electron chi connectivity index (χ2n) is 7.74. The number of hydrogen-bond donors (Lipinski definition) is 0. The fourth-order valence-electron chi connectivity index (χ4n) is 4.00. The van der Waals surface area contributed by atoms with E-state index in [1.807, 2.05) is 42.5 Å². The minimum absolute atomic E-state index is 0.0445. The van der Waals surface area contributed by atoms with Crippen molar-refractivity contribution in [2.75, 3.05) is 26.2 Å². The Morgan fingerprint density at radius 3 is 2.50 bits per heavy atom. The van der Waals surface area contributed by atoms with Crippen molar-refractivity contribution in [3.63, 3.8) is 0 Å². The molecule has 1 fully saturated rings. The number of aliphatic imine (C=N–C) groups is 1. The van der Waals surface area contributed by atoms with Gasteiger partial charge in [0.15, 0.2) is 0 Å². The van der Waals surface area contributed by atoms with Crippen LogP contribution in [-0.2, 0) is 4.74 Å². The minimum Gasteiger partial charge on any atom is -0.494 e. The molecule has 2 aliphatic heterocycles. The molecule has 0 spiro atoms. The van der Waals surface area contributed by atoms with Gasteiger partial charge in [0.25, 0.3) is 0 Å². The Labute approximate surface area is 168 Å². The summed E-state index contributed by atoms with van der Waals surface area (Å²) in [5.41, 5.74) is 2.20. The summed E-state index contributed by atoms with van der Waals surface area (Å²) in [4.78, 5) is 7.37. The van der Waals surface area contributed by atoms with Crippen molar-refractivity contribution in [1.29, 1.82) is 0 Å². The lowest BCUT2D eigenvalue weighted by molar-refractivity contribution is 0.205. The molecule has 4 nitrogen and oxygen atoms in total. The van der Waals surface area contributed by atoms with Gasteiger partial charge in [0.2, 0.25) is 5.90 Å². The lowest BCUT2D eigenvalue weighted by Gasteiger charge is -2.26. The fraction of sp³-hybridized carbons (Fsp3) is 0.458. The monoisotopic (exact) mass is 378 g/mol. The number of rotatable bonds is 7. The summed E-state index contributed by atoms with van der Waals surface area (Å²) in [5, 5.41) is 0. The van der Waals surface area contributed by atoms with Crippen LogP contribution in [0.15, 0.2) is 59.6 Å². The summed E-state index contributed by atoms with van der Waals surface area (Å²) in [6.45, 7) is 6.48. The number of nitrogens with zero attached hydrogens (tertiary/aromatic N) is 2. The van der Waals surface area contributed by atoms with Crippen LogP contribution < -0.4 is 4.74 Å². The lowest BCUT2D eigenvalue weighted by atomic mass is 10.0. The third-order valence-electron chi connectivity index (χ3n) is 5.58. The highest BCUT2D eigenvalue weighted by atomic mass is 16.5. The summed E-state index contributed by atoms with van der Waals surface area (Å²) >= 11 is 0.